The summed E-state index contributed by atoms with van der Waals surface area (Å²) in [5, 5.41) is 9.02. The van der Waals surface area contributed by atoms with Crippen LogP contribution in [0.15, 0.2) is 34.2 Å². The number of carbonyl (C=O) groups is 1. The minimum absolute atomic E-state index is 0.256. The van der Waals surface area contributed by atoms with Gasteiger partial charge in [-0.1, -0.05) is 12.1 Å². The third-order valence-corrected chi connectivity index (χ3v) is 5.53. The van der Waals surface area contributed by atoms with E-state index in [0.29, 0.717) is 32.0 Å². The molecule has 0 aromatic heterocycles. The topological polar surface area (TPSA) is 112 Å². The summed E-state index contributed by atoms with van der Waals surface area (Å²) in [6.45, 7) is 7.06. The normalized spacial score (nSPS) is 12.6. The molecule has 0 fully saturated rings. The third-order valence-electron chi connectivity index (χ3n) is 3.70. The first-order valence-electron chi connectivity index (χ1n) is 9.38. The summed E-state index contributed by atoms with van der Waals surface area (Å²) >= 11 is 0. The molecule has 1 aromatic carbocycles. The minimum Gasteiger partial charge on any atom is -0.444 e. The van der Waals surface area contributed by atoms with Crippen LogP contribution in [0.3, 0.4) is 0 Å². The zero-order chi connectivity index (χ0) is 22.1. The fourth-order valence-electron chi connectivity index (χ4n) is 2.20. The highest BCUT2D eigenvalue weighted by atomic mass is 32.2. The van der Waals surface area contributed by atoms with Crippen molar-refractivity contribution >= 4 is 22.1 Å². The van der Waals surface area contributed by atoms with E-state index in [2.05, 4.69) is 20.9 Å². The van der Waals surface area contributed by atoms with Gasteiger partial charge in [0.25, 0.3) is 0 Å². The highest BCUT2D eigenvalue weighted by Gasteiger charge is 2.17. The lowest BCUT2D eigenvalue weighted by Gasteiger charge is -2.19. The zero-order valence-electron chi connectivity index (χ0n) is 18.1. The van der Waals surface area contributed by atoms with E-state index < -0.39 is 21.7 Å². The molecule has 164 valence electrons. The van der Waals surface area contributed by atoms with Crippen molar-refractivity contribution in [1.82, 2.24) is 20.3 Å². The number of hydrogen-bond acceptors (Lipinski definition) is 5. The number of nitrogens with one attached hydrogen (secondary N) is 3. The Labute approximate surface area is 174 Å². The van der Waals surface area contributed by atoms with Gasteiger partial charge in [-0.15, -0.1) is 0 Å². The highest BCUT2D eigenvalue weighted by Crippen LogP contribution is 2.13. The molecule has 0 saturated heterocycles. The van der Waals surface area contributed by atoms with Gasteiger partial charge in [-0.2, -0.15) is 0 Å². The van der Waals surface area contributed by atoms with Crippen LogP contribution in [-0.4, -0.2) is 64.6 Å². The Bertz CT molecular complexity index is 784. The van der Waals surface area contributed by atoms with Crippen molar-refractivity contribution in [2.75, 3.05) is 34.2 Å². The van der Waals surface area contributed by atoms with Gasteiger partial charge in [-0.25, -0.2) is 17.5 Å². The number of aliphatic imine (C=N–C) groups is 1. The fraction of sp³-hybridized carbons (Fsp3) is 0.579. The van der Waals surface area contributed by atoms with E-state index in [9.17, 15) is 13.2 Å². The Morgan fingerprint density at radius 2 is 1.66 bits per heavy atom. The van der Waals surface area contributed by atoms with Crippen molar-refractivity contribution in [3.63, 3.8) is 0 Å². The molecule has 0 unspecified atom stereocenters. The molecule has 0 saturated carbocycles. The molecule has 0 aliphatic rings. The molecular formula is C19H33N5O4S. The molecule has 1 rings (SSSR count). The Morgan fingerprint density at radius 3 is 2.17 bits per heavy atom. The first-order chi connectivity index (χ1) is 13.5. The Kier molecular flexibility index (Phi) is 9.38. The summed E-state index contributed by atoms with van der Waals surface area (Å²) < 4.78 is 30.5. The predicted molar refractivity (Wildman–Crippen MR) is 114 cm³/mol. The molecule has 3 N–H and O–H groups in total. The van der Waals surface area contributed by atoms with Gasteiger partial charge in [0, 0.05) is 40.8 Å². The largest absolute Gasteiger partial charge is 0.444 e. The van der Waals surface area contributed by atoms with Gasteiger partial charge >= 0.3 is 6.09 Å². The average molecular weight is 428 g/mol. The van der Waals surface area contributed by atoms with Crippen LogP contribution in [0.5, 0.6) is 0 Å². The Balaban J connectivity index is 2.37. The summed E-state index contributed by atoms with van der Waals surface area (Å²) in [5.41, 5.74) is 0.417. The zero-order valence-corrected chi connectivity index (χ0v) is 18.9. The second-order valence-electron chi connectivity index (χ2n) is 7.57. The number of amides is 1. The van der Waals surface area contributed by atoms with Gasteiger partial charge in [-0.3, -0.25) is 4.99 Å². The van der Waals surface area contributed by atoms with Gasteiger partial charge < -0.3 is 20.7 Å². The molecule has 0 atom stereocenters. The molecule has 29 heavy (non-hydrogen) atoms. The molecule has 9 nitrogen and oxygen atoms in total. The molecule has 0 bridgehead atoms. The summed E-state index contributed by atoms with van der Waals surface area (Å²) in [6.07, 6.45) is 0.275. The average Bonchev–Trinajstić information content (AvgIpc) is 2.62. The molecule has 1 aromatic rings. The van der Waals surface area contributed by atoms with E-state index in [1.807, 2.05) is 20.8 Å². The van der Waals surface area contributed by atoms with Gasteiger partial charge in [0.2, 0.25) is 10.0 Å². The van der Waals surface area contributed by atoms with Gasteiger partial charge in [0.1, 0.15) is 5.60 Å². The molecule has 10 heteroatoms. The quantitative estimate of drug-likeness (QED) is 0.329. The molecule has 1 amide bonds. The Hall–Kier alpha value is -2.33. The van der Waals surface area contributed by atoms with Crippen molar-refractivity contribution in [2.24, 2.45) is 4.99 Å². The van der Waals surface area contributed by atoms with Crippen LogP contribution in [0.2, 0.25) is 0 Å². The number of hydrogen-bond donors (Lipinski definition) is 3. The molecular weight excluding hydrogens is 394 g/mol. The Morgan fingerprint density at radius 1 is 1.07 bits per heavy atom. The van der Waals surface area contributed by atoms with Crippen molar-refractivity contribution in [1.29, 1.82) is 0 Å². The molecule has 0 aliphatic heterocycles. The SMILES string of the molecule is CN=C(NCCCNC(=O)OC(C)(C)C)NCc1ccc(S(=O)(=O)N(C)C)cc1. The van der Waals surface area contributed by atoms with Crippen LogP contribution in [-0.2, 0) is 21.3 Å². The number of rotatable bonds is 8. The summed E-state index contributed by atoms with van der Waals surface area (Å²) in [5.74, 6) is 0.618. The van der Waals surface area contributed by atoms with Crippen molar-refractivity contribution in [3.05, 3.63) is 29.8 Å². The summed E-state index contributed by atoms with van der Waals surface area (Å²) in [7, 11) is 1.25. The number of alkyl carbamates (subject to hydrolysis) is 1. The van der Waals surface area contributed by atoms with Crippen LogP contribution in [0, 0.1) is 0 Å². The van der Waals surface area contributed by atoms with E-state index in [0.717, 1.165) is 5.56 Å². The maximum absolute atomic E-state index is 12.1. The second-order valence-corrected chi connectivity index (χ2v) is 9.72. The number of sulfonamides is 1. The molecule has 0 radical (unpaired) electrons. The lowest BCUT2D eigenvalue weighted by Crippen LogP contribution is -2.39. The third kappa shape index (κ3) is 9.14. The first kappa shape index (κ1) is 24.7. The van der Waals surface area contributed by atoms with Crippen LogP contribution in [0.25, 0.3) is 0 Å². The minimum atomic E-state index is -3.43. The lowest BCUT2D eigenvalue weighted by molar-refractivity contribution is 0.0527. The number of nitrogens with zero attached hydrogens (tertiary/aromatic N) is 2. The van der Waals surface area contributed by atoms with Crippen LogP contribution in [0.1, 0.15) is 32.8 Å². The van der Waals surface area contributed by atoms with Crippen molar-refractivity contribution < 1.29 is 17.9 Å². The van der Waals surface area contributed by atoms with E-state index in [4.69, 9.17) is 4.74 Å². The van der Waals surface area contributed by atoms with Crippen LogP contribution < -0.4 is 16.0 Å². The standard InChI is InChI=1S/C19H33N5O4S/c1-19(2,3)28-18(25)22-13-7-12-21-17(20-4)23-14-15-8-10-16(11-9-15)29(26,27)24(5)6/h8-11H,7,12-14H2,1-6H3,(H,22,25)(H2,20,21,23). The van der Waals surface area contributed by atoms with E-state index in [1.165, 1.54) is 18.4 Å². The van der Waals surface area contributed by atoms with Gasteiger partial charge in [0.15, 0.2) is 5.96 Å². The first-order valence-corrected chi connectivity index (χ1v) is 10.8. The lowest BCUT2D eigenvalue weighted by atomic mass is 10.2. The highest BCUT2D eigenvalue weighted by molar-refractivity contribution is 7.89. The smallest absolute Gasteiger partial charge is 0.407 e. The number of ether oxygens (including phenoxy) is 1. The fourth-order valence-corrected chi connectivity index (χ4v) is 3.10. The van der Waals surface area contributed by atoms with E-state index >= 15 is 0 Å². The van der Waals surface area contributed by atoms with Gasteiger partial charge in [-0.05, 0) is 44.9 Å². The molecule has 0 aliphatic carbocycles. The maximum atomic E-state index is 12.1. The number of benzene rings is 1. The summed E-state index contributed by atoms with van der Waals surface area (Å²) in [6, 6.07) is 6.71. The van der Waals surface area contributed by atoms with Crippen LogP contribution >= 0.6 is 0 Å². The van der Waals surface area contributed by atoms with Crippen molar-refractivity contribution in [3.8, 4) is 0 Å². The molecule has 0 heterocycles. The number of carbonyl (C=O) groups excluding carboxylic acids is 1. The number of guanidine groups is 1. The van der Waals surface area contributed by atoms with E-state index in [1.54, 1.807) is 31.3 Å². The van der Waals surface area contributed by atoms with Gasteiger partial charge in [0.05, 0.1) is 4.90 Å². The van der Waals surface area contributed by atoms with Crippen LogP contribution in [0.4, 0.5) is 4.79 Å². The summed E-state index contributed by atoms with van der Waals surface area (Å²) in [4.78, 5) is 16.0. The molecule has 0 spiro atoms. The monoisotopic (exact) mass is 427 g/mol. The van der Waals surface area contributed by atoms with Crippen molar-refractivity contribution in [2.45, 2.75) is 44.2 Å². The van der Waals surface area contributed by atoms with E-state index in [-0.39, 0.29) is 4.90 Å². The second kappa shape index (κ2) is 11.0. The predicted octanol–water partition coefficient (Wildman–Crippen LogP) is 1.52. The maximum Gasteiger partial charge on any atom is 0.407 e.